The van der Waals surface area contributed by atoms with E-state index in [2.05, 4.69) is 15.6 Å². The summed E-state index contributed by atoms with van der Waals surface area (Å²) in [4.78, 5) is 4.50. The Hall–Kier alpha value is -1.68. The van der Waals surface area contributed by atoms with E-state index in [1.165, 1.54) is 13.2 Å². The third-order valence-electron chi connectivity index (χ3n) is 4.13. The largest absolute Gasteiger partial charge is 0.494 e. The van der Waals surface area contributed by atoms with Crippen LogP contribution in [0.15, 0.2) is 53.5 Å². The van der Waals surface area contributed by atoms with Gasteiger partial charge in [0.2, 0.25) is 0 Å². The van der Waals surface area contributed by atoms with Crippen LogP contribution in [0.25, 0.3) is 0 Å². The Bertz CT molecular complexity index is 806. The van der Waals surface area contributed by atoms with Gasteiger partial charge in [-0.25, -0.2) is 4.39 Å². The molecule has 0 amide bonds. The fraction of sp³-hybridized carbons (Fsp3) is 0.381. The fourth-order valence-electron chi connectivity index (χ4n) is 2.65. The van der Waals surface area contributed by atoms with Crippen LogP contribution in [0.5, 0.6) is 5.75 Å². The maximum Gasteiger partial charge on any atom is 0.191 e. The zero-order chi connectivity index (χ0) is 20.4. The van der Waals surface area contributed by atoms with Gasteiger partial charge in [0, 0.05) is 28.9 Å². The molecule has 2 N–H and O–H groups in total. The molecule has 2 aromatic carbocycles. The van der Waals surface area contributed by atoms with Crippen LogP contribution < -0.4 is 15.4 Å². The summed E-state index contributed by atoms with van der Waals surface area (Å²) in [6, 6.07) is 14.5. The lowest BCUT2D eigenvalue weighted by Gasteiger charge is -2.18. The second-order valence-electron chi connectivity index (χ2n) is 6.29. The molecule has 8 heteroatoms. The Morgan fingerprint density at radius 1 is 1.24 bits per heavy atom. The molecule has 0 saturated heterocycles. The highest BCUT2D eigenvalue weighted by molar-refractivity contribution is 14.0. The van der Waals surface area contributed by atoms with Gasteiger partial charge in [-0.05, 0) is 37.1 Å². The van der Waals surface area contributed by atoms with Gasteiger partial charge in [-0.2, -0.15) is 0 Å². The van der Waals surface area contributed by atoms with Crippen LogP contribution in [0.3, 0.4) is 0 Å². The summed E-state index contributed by atoms with van der Waals surface area (Å²) in [7, 11) is 0.469. The normalized spacial score (nSPS) is 13.2. The van der Waals surface area contributed by atoms with E-state index in [0.717, 1.165) is 11.1 Å². The number of methoxy groups -OCH3 is 1. The second-order valence-corrected chi connectivity index (χ2v) is 7.87. The highest BCUT2D eigenvalue weighted by atomic mass is 127. The maximum absolute atomic E-state index is 13.9. The standard InChI is InChI=1S/C21H28FN3O2S.HI/c1-4-23-21(24-12-13-28(26)15-17-8-6-5-7-9-17)25-16(2)18-10-11-20(27-3)19(22)14-18;/h5-11,14,16H,4,12-13,15H2,1-3H3,(H2,23,24,25);1H. The summed E-state index contributed by atoms with van der Waals surface area (Å²) >= 11 is 0. The van der Waals surface area contributed by atoms with E-state index in [-0.39, 0.29) is 35.8 Å². The van der Waals surface area contributed by atoms with Crippen LogP contribution in [-0.4, -0.2) is 36.1 Å². The number of aliphatic imine (C=N–C) groups is 1. The van der Waals surface area contributed by atoms with E-state index in [1.807, 2.05) is 50.2 Å². The van der Waals surface area contributed by atoms with Crippen molar-refractivity contribution in [2.75, 3.05) is 26.0 Å². The number of rotatable bonds is 9. The van der Waals surface area contributed by atoms with Crippen molar-refractivity contribution in [2.45, 2.75) is 25.6 Å². The number of ether oxygens (including phenoxy) is 1. The van der Waals surface area contributed by atoms with Crippen molar-refractivity contribution in [1.29, 1.82) is 0 Å². The number of guanidine groups is 1. The first-order valence-electron chi connectivity index (χ1n) is 9.30. The molecule has 0 radical (unpaired) electrons. The zero-order valence-electron chi connectivity index (χ0n) is 17.0. The van der Waals surface area contributed by atoms with E-state index in [4.69, 9.17) is 4.74 Å². The summed E-state index contributed by atoms with van der Waals surface area (Å²) in [5, 5.41) is 6.42. The Morgan fingerprint density at radius 2 is 1.97 bits per heavy atom. The lowest BCUT2D eigenvalue weighted by molar-refractivity contribution is 0.386. The van der Waals surface area contributed by atoms with Crippen molar-refractivity contribution in [3.05, 3.63) is 65.5 Å². The van der Waals surface area contributed by atoms with Crippen molar-refractivity contribution in [3.8, 4) is 5.75 Å². The molecule has 0 aromatic heterocycles. The molecule has 2 unspecified atom stereocenters. The van der Waals surface area contributed by atoms with E-state index >= 15 is 0 Å². The first kappa shape index (κ1) is 25.4. The lowest BCUT2D eigenvalue weighted by Crippen LogP contribution is -2.39. The smallest absolute Gasteiger partial charge is 0.191 e. The van der Waals surface area contributed by atoms with Gasteiger partial charge in [-0.1, -0.05) is 36.4 Å². The predicted octanol–water partition coefficient (Wildman–Crippen LogP) is 4.02. The van der Waals surface area contributed by atoms with Crippen molar-refractivity contribution >= 4 is 40.7 Å². The molecule has 0 aliphatic rings. The highest BCUT2D eigenvalue weighted by Gasteiger charge is 2.11. The van der Waals surface area contributed by atoms with Crippen LogP contribution in [0.2, 0.25) is 0 Å². The minimum atomic E-state index is -0.973. The fourth-order valence-corrected chi connectivity index (χ4v) is 3.66. The third kappa shape index (κ3) is 8.69. The molecule has 5 nitrogen and oxygen atoms in total. The summed E-state index contributed by atoms with van der Waals surface area (Å²) < 4.78 is 31.1. The summed E-state index contributed by atoms with van der Waals surface area (Å²) in [5.41, 5.74) is 1.85. The number of nitrogens with zero attached hydrogens (tertiary/aromatic N) is 1. The SMILES string of the molecule is CCNC(=NCCS(=O)Cc1ccccc1)NC(C)c1ccc(OC)c(F)c1.I. The average molecular weight is 533 g/mol. The second kappa shape index (κ2) is 13.5. The molecule has 29 heavy (non-hydrogen) atoms. The van der Waals surface area contributed by atoms with Crippen molar-refractivity contribution in [1.82, 2.24) is 10.6 Å². The maximum atomic E-state index is 13.9. The van der Waals surface area contributed by atoms with Crippen LogP contribution in [0.4, 0.5) is 4.39 Å². The molecular weight excluding hydrogens is 504 g/mol. The van der Waals surface area contributed by atoms with Gasteiger partial charge in [0.1, 0.15) is 0 Å². The van der Waals surface area contributed by atoms with Gasteiger partial charge in [0.15, 0.2) is 17.5 Å². The third-order valence-corrected chi connectivity index (χ3v) is 5.43. The molecule has 0 saturated carbocycles. The van der Waals surface area contributed by atoms with E-state index in [0.29, 0.717) is 30.6 Å². The molecule has 2 aromatic rings. The van der Waals surface area contributed by atoms with Crippen LogP contribution in [0.1, 0.15) is 31.0 Å². The number of hydrogen-bond donors (Lipinski definition) is 2. The molecular formula is C21H29FIN3O2S. The molecule has 0 aliphatic carbocycles. The molecule has 0 bridgehead atoms. The van der Waals surface area contributed by atoms with E-state index < -0.39 is 16.6 Å². The first-order valence-corrected chi connectivity index (χ1v) is 10.8. The topological polar surface area (TPSA) is 62.7 Å². The van der Waals surface area contributed by atoms with Crippen LogP contribution in [-0.2, 0) is 16.6 Å². The van der Waals surface area contributed by atoms with E-state index in [9.17, 15) is 8.60 Å². The Labute approximate surface area is 192 Å². The van der Waals surface area contributed by atoms with Crippen molar-refractivity contribution in [2.24, 2.45) is 4.99 Å². The first-order chi connectivity index (χ1) is 13.5. The van der Waals surface area contributed by atoms with Crippen LogP contribution >= 0.6 is 24.0 Å². The number of halogens is 2. The average Bonchev–Trinajstić information content (AvgIpc) is 2.68. The monoisotopic (exact) mass is 533 g/mol. The molecule has 0 heterocycles. The molecule has 0 fully saturated rings. The summed E-state index contributed by atoms with van der Waals surface area (Å²) in [5.74, 6) is 1.45. The summed E-state index contributed by atoms with van der Waals surface area (Å²) in [6.07, 6.45) is 0. The lowest BCUT2D eigenvalue weighted by atomic mass is 10.1. The van der Waals surface area contributed by atoms with Crippen LogP contribution in [0, 0.1) is 5.82 Å². The molecule has 0 spiro atoms. The minimum Gasteiger partial charge on any atom is -0.494 e. The van der Waals surface area contributed by atoms with Gasteiger partial charge in [-0.3, -0.25) is 9.20 Å². The van der Waals surface area contributed by atoms with Gasteiger partial charge in [0.25, 0.3) is 0 Å². The summed E-state index contributed by atoms with van der Waals surface area (Å²) in [6.45, 7) is 5.05. The number of benzene rings is 2. The molecule has 2 atom stereocenters. The number of hydrogen-bond acceptors (Lipinski definition) is 3. The zero-order valence-corrected chi connectivity index (χ0v) is 20.1. The Balaban J connectivity index is 0.00000420. The number of nitrogens with one attached hydrogen (secondary N) is 2. The van der Waals surface area contributed by atoms with Crippen molar-refractivity contribution < 1.29 is 13.3 Å². The molecule has 2 rings (SSSR count). The van der Waals surface area contributed by atoms with Gasteiger partial charge < -0.3 is 15.4 Å². The van der Waals surface area contributed by atoms with E-state index in [1.54, 1.807) is 6.07 Å². The minimum absolute atomic E-state index is 0. The predicted molar refractivity (Wildman–Crippen MR) is 129 cm³/mol. The highest BCUT2D eigenvalue weighted by Crippen LogP contribution is 2.21. The van der Waals surface area contributed by atoms with Crippen molar-refractivity contribution in [3.63, 3.8) is 0 Å². The molecule has 0 aliphatic heterocycles. The molecule has 160 valence electrons. The Kier molecular flexibility index (Phi) is 11.8. The Morgan fingerprint density at radius 3 is 2.59 bits per heavy atom. The van der Waals surface area contributed by atoms with Gasteiger partial charge >= 0.3 is 0 Å². The van der Waals surface area contributed by atoms with Gasteiger partial charge in [-0.15, -0.1) is 24.0 Å². The quantitative estimate of drug-likeness (QED) is 0.291. The van der Waals surface area contributed by atoms with Gasteiger partial charge in [0.05, 0.1) is 19.7 Å².